The van der Waals surface area contributed by atoms with Crippen LogP contribution in [0.25, 0.3) is 0 Å². The van der Waals surface area contributed by atoms with E-state index in [-0.39, 0.29) is 24.0 Å². The number of carbonyl (C=O) groups is 1. The standard InChI is InChI=1S/C16H20N4OS/c1-11(9-12-5-4-8-22-12)18-16(21)15-10-14(19-20-15)13-6-2-3-7-17-13/h2-8,11,14-15,19-20H,9-10H2,1H3,(H,18,21). The maximum atomic E-state index is 12.3. The number of aromatic nitrogens is 1. The van der Waals surface area contributed by atoms with E-state index in [0.29, 0.717) is 6.42 Å². The molecule has 1 aliphatic rings. The highest BCUT2D eigenvalue weighted by Crippen LogP contribution is 2.20. The van der Waals surface area contributed by atoms with Gasteiger partial charge in [-0.25, -0.2) is 10.9 Å². The van der Waals surface area contributed by atoms with E-state index in [4.69, 9.17) is 0 Å². The Morgan fingerprint density at radius 2 is 2.32 bits per heavy atom. The first-order valence-corrected chi connectivity index (χ1v) is 8.35. The highest BCUT2D eigenvalue weighted by atomic mass is 32.1. The number of carbonyl (C=O) groups excluding carboxylic acids is 1. The fraction of sp³-hybridized carbons (Fsp3) is 0.375. The molecule has 2 aromatic rings. The summed E-state index contributed by atoms with van der Waals surface area (Å²) in [4.78, 5) is 18.0. The van der Waals surface area contributed by atoms with Gasteiger partial charge in [0, 0.05) is 23.5 Å². The maximum absolute atomic E-state index is 12.3. The first-order chi connectivity index (χ1) is 10.7. The minimum absolute atomic E-state index is 0.0370. The van der Waals surface area contributed by atoms with Crippen LogP contribution in [0.4, 0.5) is 0 Å². The lowest BCUT2D eigenvalue weighted by Crippen LogP contribution is -2.46. The van der Waals surface area contributed by atoms with E-state index in [9.17, 15) is 4.79 Å². The van der Waals surface area contributed by atoms with E-state index >= 15 is 0 Å². The summed E-state index contributed by atoms with van der Waals surface area (Å²) >= 11 is 1.72. The van der Waals surface area contributed by atoms with Crippen molar-refractivity contribution in [3.05, 3.63) is 52.5 Å². The Morgan fingerprint density at radius 3 is 3.05 bits per heavy atom. The molecule has 0 bridgehead atoms. The van der Waals surface area contributed by atoms with E-state index in [1.54, 1.807) is 17.5 Å². The van der Waals surface area contributed by atoms with Crippen molar-refractivity contribution < 1.29 is 4.79 Å². The molecule has 0 spiro atoms. The molecule has 6 heteroatoms. The molecule has 2 aromatic heterocycles. The summed E-state index contributed by atoms with van der Waals surface area (Å²) in [5, 5.41) is 5.14. The van der Waals surface area contributed by atoms with Crippen LogP contribution >= 0.6 is 11.3 Å². The van der Waals surface area contributed by atoms with E-state index < -0.39 is 0 Å². The summed E-state index contributed by atoms with van der Waals surface area (Å²) in [6.07, 6.45) is 3.34. The molecule has 1 fully saturated rings. The molecule has 3 N–H and O–H groups in total. The van der Waals surface area contributed by atoms with Crippen LogP contribution in [0.3, 0.4) is 0 Å². The van der Waals surface area contributed by atoms with Gasteiger partial charge in [-0.05, 0) is 36.9 Å². The summed E-state index contributed by atoms with van der Waals surface area (Å²) in [5.74, 6) is 0.0370. The summed E-state index contributed by atoms with van der Waals surface area (Å²) in [6, 6.07) is 9.93. The molecule has 5 nitrogen and oxygen atoms in total. The van der Waals surface area contributed by atoms with Gasteiger partial charge in [-0.1, -0.05) is 12.1 Å². The quantitative estimate of drug-likeness (QED) is 0.787. The molecule has 3 rings (SSSR count). The van der Waals surface area contributed by atoms with E-state index in [1.807, 2.05) is 31.2 Å². The van der Waals surface area contributed by atoms with Crippen molar-refractivity contribution in [2.75, 3.05) is 0 Å². The van der Waals surface area contributed by atoms with Crippen molar-refractivity contribution in [2.24, 2.45) is 0 Å². The Hall–Kier alpha value is -1.76. The van der Waals surface area contributed by atoms with E-state index in [1.165, 1.54) is 4.88 Å². The molecule has 22 heavy (non-hydrogen) atoms. The second-order valence-corrected chi connectivity index (χ2v) is 6.61. The number of nitrogens with zero attached hydrogens (tertiary/aromatic N) is 1. The lowest BCUT2D eigenvalue weighted by Gasteiger charge is -2.16. The third-order valence-corrected chi connectivity index (χ3v) is 4.64. The fourth-order valence-corrected chi connectivity index (χ4v) is 3.46. The smallest absolute Gasteiger partial charge is 0.238 e. The van der Waals surface area contributed by atoms with Crippen molar-refractivity contribution in [3.63, 3.8) is 0 Å². The van der Waals surface area contributed by atoms with E-state index in [0.717, 1.165) is 12.1 Å². The number of amides is 1. The summed E-state index contributed by atoms with van der Waals surface area (Å²) < 4.78 is 0. The minimum Gasteiger partial charge on any atom is -0.352 e. The van der Waals surface area contributed by atoms with Crippen LogP contribution in [0.2, 0.25) is 0 Å². The van der Waals surface area contributed by atoms with Gasteiger partial charge in [0.2, 0.25) is 5.91 Å². The van der Waals surface area contributed by atoms with Gasteiger partial charge in [0.25, 0.3) is 0 Å². The Bertz CT molecular complexity index is 602. The van der Waals surface area contributed by atoms with Crippen LogP contribution in [0.1, 0.15) is 30.0 Å². The summed E-state index contributed by atoms with van der Waals surface area (Å²) in [5.41, 5.74) is 7.18. The lowest BCUT2D eigenvalue weighted by molar-refractivity contribution is -0.123. The number of thiophene rings is 1. The summed E-state index contributed by atoms with van der Waals surface area (Å²) in [6.45, 7) is 2.04. The number of hydrogen-bond acceptors (Lipinski definition) is 5. The maximum Gasteiger partial charge on any atom is 0.238 e. The Kier molecular flexibility index (Phi) is 4.82. The van der Waals surface area contributed by atoms with Gasteiger partial charge in [-0.3, -0.25) is 9.78 Å². The molecule has 0 aliphatic carbocycles. The monoisotopic (exact) mass is 316 g/mol. The van der Waals surface area contributed by atoms with Gasteiger partial charge in [-0.15, -0.1) is 11.3 Å². The lowest BCUT2D eigenvalue weighted by atomic mass is 10.1. The molecular weight excluding hydrogens is 296 g/mol. The third kappa shape index (κ3) is 3.71. The minimum atomic E-state index is -0.224. The third-order valence-electron chi connectivity index (χ3n) is 3.74. The Morgan fingerprint density at radius 1 is 1.41 bits per heavy atom. The molecule has 0 aromatic carbocycles. The van der Waals surface area contributed by atoms with Gasteiger partial charge >= 0.3 is 0 Å². The second-order valence-electron chi connectivity index (χ2n) is 5.58. The zero-order chi connectivity index (χ0) is 15.4. The SMILES string of the molecule is CC(Cc1cccs1)NC(=O)C1CC(c2ccccn2)NN1. The van der Waals surface area contributed by atoms with Crippen LogP contribution in [-0.2, 0) is 11.2 Å². The Balaban J connectivity index is 1.51. The Labute approximate surface area is 134 Å². The molecule has 116 valence electrons. The summed E-state index contributed by atoms with van der Waals surface area (Å²) in [7, 11) is 0. The molecule has 1 amide bonds. The fourth-order valence-electron chi connectivity index (χ4n) is 2.63. The zero-order valence-electron chi connectivity index (χ0n) is 12.5. The van der Waals surface area contributed by atoms with Crippen LogP contribution < -0.4 is 16.2 Å². The van der Waals surface area contributed by atoms with Crippen molar-refractivity contribution in [1.29, 1.82) is 0 Å². The molecular formula is C16H20N4OS. The number of rotatable bonds is 5. The van der Waals surface area contributed by atoms with Crippen LogP contribution in [-0.4, -0.2) is 23.0 Å². The van der Waals surface area contributed by atoms with Crippen LogP contribution in [0.5, 0.6) is 0 Å². The van der Waals surface area contributed by atoms with Crippen molar-refractivity contribution >= 4 is 17.2 Å². The second kappa shape index (κ2) is 7.00. The molecule has 3 atom stereocenters. The predicted molar refractivity (Wildman–Crippen MR) is 87.3 cm³/mol. The van der Waals surface area contributed by atoms with Crippen molar-refractivity contribution in [3.8, 4) is 0 Å². The first kappa shape index (κ1) is 15.1. The first-order valence-electron chi connectivity index (χ1n) is 7.47. The molecule has 3 unspecified atom stereocenters. The highest BCUT2D eigenvalue weighted by molar-refractivity contribution is 7.09. The molecule has 0 saturated carbocycles. The number of pyridine rings is 1. The largest absolute Gasteiger partial charge is 0.352 e. The van der Waals surface area contributed by atoms with Gasteiger partial charge in [0.05, 0.1) is 11.7 Å². The van der Waals surface area contributed by atoms with Crippen molar-refractivity contribution in [1.82, 2.24) is 21.2 Å². The molecule has 0 radical (unpaired) electrons. The number of hydrazine groups is 1. The van der Waals surface area contributed by atoms with Gasteiger partial charge in [0.15, 0.2) is 0 Å². The average molecular weight is 316 g/mol. The topological polar surface area (TPSA) is 66.0 Å². The predicted octanol–water partition coefficient (Wildman–Crippen LogP) is 1.80. The molecule has 1 aliphatic heterocycles. The molecule has 3 heterocycles. The average Bonchev–Trinajstić information content (AvgIpc) is 3.19. The van der Waals surface area contributed by atoms with Gasteiger partial charge in [-0.2, -0.15) is 0 Å². The molecule has 1 saturated heterocycles. The van der Waals surface area contributed by atoms with Crippen LogP contribution in [0.15, 0.2) is 41.9 Å². The highest BCUT2D eigenvalue weighted by Gasteiger charge is 2.31. The zero-order valence-corrected chi connectivity index (χ0v) is 13.3. The number of hydrogen-bond donors (Lipinski definition) is 3. The van der Waals surface area contributed by atoms with Crippen LogP contribution in [0, 0.1) is 0 Å². The normalized spacial score (nSPS) is 22.4. The van der Waals surface area contributed by atoms with Gasteiger partial charge in [0.1, 0.15) is 6.04 Å². The van der Waals surface area contributed by atoms with E-state index in [2.05, 4.69) is 32.6 Å². The van der Waals surface area contributed by atoms with Crippen molar-refractivity contribution in [2.45, 2.75) is 37.9 Å². The van der Waals surface area contributed by atoms with Gasteiger partial charge < -0.3 is 5.32 Å². The number of nitrogens with one attached hydrogen (secondary N) is 3.